The van der Waals surface area contributed by atoms with Gasteiger partial charge < -0.3 is 4.74 Å². The maximum atomic E-state index is 5.84. The summed E-state index contributed by atoms with van der Waals surface area (Å²) in [6, 6.07) is 8.41. The predicted molar refractivity (Wildman–Crippen MR) is 84.0 cm³/mol. The molecule has 0 aromatic heterocycles. The average Bonchev–Trinajstić information content (AvgIpc) is 2.66. The molecule has 0 saturated heterocycles. The van der Waals surface area contributed by atoms with Crippen molar-refractivity contribution in [2.45, 2.75) is 33.2 Å². The number of para-hydroxylation sites is 1. The minimum atomic E-state index is 0.388. The summed E-state index contributed by atoms with van der Waals surface area (Å²) in [5.41, 5.74) is 1.70. The van der Waals surface area contributed by atoms with E-state index in [1.807, 2.05) is 0 Å². The van der Waals surface area contributed by atoms with Gasteiger partial charge in [-0.15, -0.1) is 0 Å². The molecule has 0 radical (unpaired) electrons. The second kappa shape index (κ2) is 6.76. The molecular weight excluding hydrogens is 302 g/mol. The number of benzene rings is 1. The summed E-state index contributed by atoms with van der Waals surface area (Å²) in [4.78, 5) is 2.54. The summed E-state index contributed by atoms with van der Waals surface area (Å²) in [6.45, 7) is 8.56. The van der Waals surface area contributed by atoms with E-state index in [-0.39, 0.29) is 0 Å². The third kappa shape index (κ3) is 3.51. The quantitative estimate of drug-likeness (QED) is 0.756. The molecular formula is C16H24BrNO. The standard InChI is InChI=1S/C16H24BrNO/c1-3-16(4-2,12-17)13-18-9-10-19-15-8-6-5-7-14(15)11-18/h5-8H,3-4,9-13H2,1-2H3. The Morgan fingerprint density at radius 3 is 2.68 bits per heavy atom. The van der Waals surface area contributed by atoms with Crippen LogP contribution in [-0.4, -0.2) is 29.9 Å². The Balaban J connectivity index is 2.10. The van der Waals surface area contributed by atoms with E-state index in [1.54, 1.807) is 0 Å². The summed E-state index contributed by atoms with van der Waals surface area (Å²) in [5, 5.41) is 1.08. The fourth-order valence-electron chi connectivity index (χ4n) is 2.69. The molecule has 0 saturated carbocycles. The van der Waals surface area contributed by atoms with Gasteiger partial charge in [0.2, 0.25) is 0 Å². The molecule has 0 bridgehead atoms. The van der Waals surface area contributed by atoms with Crippen LogP contribution in [0.2, 0.25) is 0 Å². The SMILES string of the molecule is CCC(CC)(CBr)CN1CCOc2ccccc2C1. The van der Waals surface area contributed by atoms with Crippen molar-refractivity contribution in [1.82, 2.24) is 4.90 Å². The lowest BCUT2D eigenvalue weighted by atomic mass is 9.84. The second-order valence-corrected chi connectivity index (χ2v) is 6.07. The molecule has 0 fully saturated rings. The first-order chi connectivity index (χ1) is 9.23. The number of hydrogen-bond acceptors (Lipinski definition) is 2. The molecule has 1 aliphatic rings. The first kappa shape index (κ1) is 14.9. The van der Waals surface area contributed by atoms with Crippen LogP contribution in [0.1, 0.15) is 32.3 Å². The van der Waals surface area contributed by atoms with E-state index < -0.39 is 0 Å². The largest absolute Gasteiger partial charge is 0.492 e. The van der Waals surface area contributed by atoms with Crippen molar-refractivity contribution < 1.29 is 4.74 Å². The molecule has 19 heavy (non-hydrogen) atoms. The van der Waals surface area contributed by atoms with Gasteiger partial charge in [0.15, 0.2) is 0 Å². The van der Waals surface area contributed by atoms with Gasteiger partial charge in [0, 0.05) is 30.5 Å². The third-order valence-electron chi connectivity index (χ3n) is 4.37. The number of alkyl halides is 1. The van der Waals surface area contributed by atoms with Crippen molar-refractivity contribution in [2.75, 3.05) is 25.0 Å². The van der Waals surface area contributed by atoms with Gasteiger partial charge in [0.25, 0.3) is 0 Å². The fourth-order valence-corrected chi connectivity index (χ4v) is 3.66. The summed E-state index contributed by atoms with van der Waals surface area (Å²) in [6.07, 6.45) is 2.43. The Hall–Kier alpha value is -0.540. The Morgan fingerprint density at radius 1 is 1.26 bits per heavy atom. The lowest BCUT2D eigenvalue weighted by molar-refractivity contribution is 0.142. The molecule has 0 unspecified atom stereocenters. The van der Waals surface area contributed by atoms with E-state index in [2.05, 4.69) is 58.9 Å². The first-order valence-electron chi connectivity index (χ1n) is 7.22. The average molecular weight is 326 g/mol. The predicted octanol–water partition coefficient (Wildman–Crippen LogP) is 4.08. The lowest BCUT2D eigenvalue weighted by Gasteiger charge is -2.35. The van der Waals surface area contributed by atoms with E-state index >= 15 is 0 Å². The fraction of sp³-hybridized carbons (Fsp3) is 0.625. The van der Waals surface area contributed by atoms with Gasteiger partial charge in [-0.05, 0) is 24.3 Å². The summed E-state index contributed by atoms with van der Waals surface area (Å²) in [7, 11) is 0. The highest BCUT2D eigenvalue weighted by atomic mass is 79.9. The normalized spacial score (nSPS) is 16.6. The van der Waals surface area contributed by atoms with Crippen LogP contribution >= 0.6 is 15.9 Å². The highest BCUT2D eigenvalue weighted by Gasteiger charge is 2.28. The number of ether oxygens (including phenoxy) is 1. The summed E-state index contributed by atoms with van der Waals surface area (Å²) < 4.78 is 5.84. The third-order valence-corrected chi connectivity index (χ3v) is 5.56. The number of rotatable bonds is 5. The van der Waals surface area contributed by atoms with Crippen LogP contribution in [0.4, 0.5) is 0 Å². The van der Waals surface area contributed by atoms with Crippen LogP contribution in [0.25, 0.3) is 0 Å². The van der Waals surface area contributed by atoms with Crippen molar-refractivity contribution >= 4 is 15.9 Å². The highest BCUT2D eigenvalue weighted by molar-refractivity contribution is 9.09. The number of nitrogens with zero attached hydrogens (tertiary/aromatic N) is 1. The minimum Gasteiger partial charge on any atom is -0.492 e. The van der Waals surface area contributed by atoms with Crippen molar-refractivity contribution in [3.8, 4) is 5.75 Å². The van der Waals surface area contributed by atoms with Crippen molar-refractivity contribution in [2.24, 2.45) is 5.41 Å². The number of halogens is 1. The molecule has 0 amide bonds. The van der Waals surface area contributed by atoms with Gasteiger partial charge in [-0.3, -0.25) is 4.90 Å². The molecule has 1 heterocycles. The van der Waals surface area contributed by atoms with Crippen LogP contribution in [0.5, 0.6) is 5.75 Å². The van der Waals surface area contributed by atoms with Gasteiger partial charge in [-0.2, -0.15) is 0 Å². The zero-order valence-electron chi connectivity index (χ0n) is 12.0. The molecule has 2 nitrogen and oxygen atoms in total. The molecule has 106 valence electrons. The van der Waals surface area contributed by atoms with Gasteiger partial charge in [-0.1, -0.05) is 48.0 Å². The maximum Gasteiger partial charge on any atom is 0.123 e. The maximum absolute atomic E-state index is 5.84. The molecule has 0 atom stereocenters. The lowest BCUT2D eigenvalue weighted by Crippen LogP contribution is -2.39. The van der Waals surface area contributed by atoms with E-state index in [9.17, 15) is 0 Å². The minimum absolute atomic E-state index is 0.388. The van der Waals surface area contributed by atoms with Crippen molar-refractivity contribution in [3.63, 3.8) is 0 Å². The van der Waals surface area contributed by atoms with E-state index in [0.717, 1.165) is 37.3 Å². The van der Waals surface area contributed by atoms with Gasteiger partial charge in [0.1, 0.15) is 12.4 Å². The molecule has 1 aliphatic heterocycles. The number of fused-ring (bicyclic) bond motifs is 1. The van der Waals surface area contributed by atoms with Crippen LogP contribution in [-0.2, 0) is 6.54 Å². The van der Waals surface area contributed by atoms with Gasteiger partial charge >= 0.3 is 0 Å². The summed E-state index contributed by atoms with van der Waals surface area (Å²) >= 11 is 3.71. The van der Waals surface area contributed by atoms with Crippen LogP contribution in [0.15, 0.2) is 24.3 Å². The summed E-state index contributed by atoms with van der Waals surface area (Å²) in [5.74, 6) is 1.06. The van der Waals surface area contributed by atoms with E-state index in [0.29, 0.717) is 5.41 Å². The van der Waals surface area contributed by atoms with E-state index in [1.165, 1.54) is 18.4 Å². The van der Waals surface area contributed by atoms with Crippen molar-refractivity contribution in [1.29, 1.82) is 0 Å². The molecule has 2 rings (SSSR count). The number of hydrogen-bond donors (Lipinski definition) is 0. The molecule has 1 aromatic rings. The Labute approximate surface area is 125 Å². The molecule has 0 spiro atoms. The monoisotopic (exact) mass is 325 g/mol. The van der Waals surface area contributed by atoms with Crippen LogP contribution in [0.3, 0.4) is 0 Å². The highest BCUT2D eigenvalue weighted by Crippen LogP contribution is 2.32. The first-order valence-corrected chi connectivity index (χ1v) is 8.34. The van der Waals surface area contributed by atoms with Crippen LogP contribution < -0.4 is 4.74 Å². The molecule has 0 N–H and O–H groups in total. The zero-order valence-corrected chi connectivity index (χ0v) is 13.6. The second-order valence-electron chi connectivity index (χ2n) is 5.51. The van der Waals surface area contributed by atoms with Gasteiger partial charge in [0.05, 0.1) is 0 Å². The van der Waals surface area contributed by atoms with E-state index in [4.69, 9.17) is 4.74 Å². The Bertz CT molecular complexity index is 395. The molecule has 1 aromatic carbocycles. The van der Waals surface area contributed by atoms with Crippen LogP contribution in [0, 0.1) is 5.41 Å². The molecule has 0 aliphatic carbocycles. The zero-order chi connectivity index (χ0) is 13.7. The Morgan fingerprint density at radius 2 is 2.00 bits per heavy atom. The molecule has 3 heteroatoms. The van der Waals surface area contributed by atoms with Gasteiger partial charge in [-0.25, -0.2) is 0 Å². The van der Waals surface area contributed by atoms with Crippen molar-refractivity contribution in [3.05, 3.63) is 29.8 Å². The Kier molecular flexibility index (Phi) is 5.28. The topological polar surface area (TPSA) is 12.5 Å². The smallest absolute Gasteiger partial charge is 0.123 e.